The summed E-state index contributed by atoms with van der Waals surface area (Å²) in [5.74, 6) is -0.146. The Labute approximate surface area is 257 Å². The van der Waals surface area contributed by atoms with E-state index in [0.29, 0.717) is 28.0 Å². The first-order chi connectivity index (χ1) is 21.6. The van der Waals surface area contributed by atoms with Crippen LogP contribution in [0.15, 0.2) is 78.9 Å². The minimum Gasteiger partial charge on any atom is -0.508 e. The quantitative estimate of drug-likeness (QED) is 0.142. The summed E-state index contributed by atoms with van der Waals surface area (Å²) < 4.78 is 18.0. The molecule has 1 fully saturated rings. The van der Waals surface area contributed by atoms with Gasteiger partial charge in [0.2, 0.25) is 6.29 Å². The molecular weight excluding hydrogens is 584 g/mol. The summed E-state index contributed by atoms with van der Waals surface area (Å²) in [7, 11) is 0. The highest BCUT2D eigenvalue weighted by Gasteiger charge is 2.45. The summed E-state index contributed by atoms with van der Waals surface area (Å²) in [5, 5.41) is 81.1. The van der Waals surface area contributed by atoms with Crippen LogP contribution in [0.25, 0.3) is 12.2 Å². The van der Waals surface area contributed by atoms with Crippen LogP contribution in [0.4, 0.5) is 0 Å². The van der Waals surface area contributed by atoms with Gasteiger partial charge in [-0.15, -0.1) is 0 Å². The Kier molecular flexibility index (Phi) is 8.28. The number of rotatable bonds is 7. The molecule has 0 radical (unpaired) electrons. The molecular formula is C34H32O11. The van der Waals surface area contributed by atoms with E-state index in [1.165, 1.54) is 30.3 Å². The molecule has 45 heavy (non-hydrogen) atoms. The second kappa shape index (κ2) is 12.3. The van der Waals surface area contributed by atoms with E-state index in [-0.39, 0.29) is 28.7 Å². The smallest absolute Gasteiger partial charge is 0.229 e. The summed E-state index contributed by atoms with van der Waals surface area (Å²) in [6.07, 6.45) is -4.52. The van der Waals surface area contributed by atoms with E-state index in [1.54, 1.807) is 60.7 Å². The highest BCUT2D eigenvalue weighted by molar-refractivity contribution is 5.75. The minimum atomic E-state index is -1.64. The van der Waals surface area contributed by atoms with Gasteiger partial charge in [0.1, 0.15) is 65.0 Å². The second-order valence-electron chi connectivity index (χ2n) is 11.1. The Morgan fingerprint density at radius 1 is 0.667 bits per heavy atom. The predicted molar refractivity (Wildman–Crippen MR) is 161 cm³/mol. The van der Waals surface area contributed by atoms with Gasteiger partial charge < -0.3 is 55.1 Å². The van der Waals surface area contributed by atoms with Crippen LogP contribution in [-0.4, -0.2) is 78.2 Å². The second-order valence-corrected chi connectivity index (χ2v) is 11.1. The average molecular weight is 617 g/mol. The first-order valence-corrected chi connectivity index (χ1v) is 14.2. The number of aliphatic hydroxyl groups excluding tert-OH is 4. The Morgan fingerprint density at radius 2 is 1.31 bits per heavy atom. The summed E-state index contributed by atoms with van der Waals surface area (Å²) >= 11 is 0. The van der Waals surface area contributed by atoms with Gasteiger partial charge in [-0.3, -0.25) is 0 Å². The van der Waals surface area contributed by atoms with Crippen LogP contribution in [0.2, 0.25) is 0 Å². The molecule has 11 heteroatoms. The molecule has 2 heterocycles. The summed E-state index contributed by atoms with van der Waals surface area (Å²) in [6.45, 7) is -0.620. The van der Waals surface area contributed by atoms with Gasteiger partial charge in [0.15, 0.2) is 0 Å². The normalized spacial score (nSPS) is 26.0. The Hall–Kier alpha value is -4.78. The lowest BCUT2D eigenvalue weighted by molar-refractivity contribution is -0.277. The lowest BCUT2D eigenvalue weighted by Crippen LogP contribution is -2.60. The predicted octanol–water partition coefficient (Wildman–Crippen LogP) is 3.12. The van der Waals surface area contributed by atoms with E-state index in [0.717, 1.165) is 5.56 Å². The van der Waals surface area contributed by atoms with Gasteiger partial charge in [0.05, 0.1) is 12.5 Å². The molecule has 2 aliphatic heterocycles. The van der Waals surface area contributed by atoms with Crippen molar-refractivity contribution >= 4 is 12.2 Å². The zero-order valence-corrected chi connectivity index (χ0v) is 23.7. The highest BCUT2D eigenvalue weighted by Crippen LogP contribution is 2.53. The molecule has 7 atom stereocenters. The van der Waals surface area contributed by atoms with Crippen LogP contribution in [0.3, 0.4) is 0 Å². The van der Waals surface area contributed by atoms with Crippen molar-refractivity contribution in [2.24, 2.45) is 0 Å². The number of hydrogen-bond donors (Lipinski definition) is 8. The molecule has 2 aliphatic rings. The third-order valence-corrected chi connectivity index (χ3v) is 7.97. The van der Waals surface area contributed by atoms with Crippen LogP contribution in [0, 0.1) is 0 Å². The number of ether oxygens (including phenoxy) is 3. The Morgan fingerprint density at radius 3 is 1.96 bits per heavy atom. The molecule has 1 saturated heterocycles. The van der Waals surface area contributed by atoms with Crippen molar-refractivity contribution < 1.29 is 55.1 Å². The molecule has 0 aliphatic carbocycles. The summed E-state index contributed by atoms with van der Waals surface area (Å²) in [6, 6.07) is 20.5. The van der Waals surface area contributed by atoms with Gasteiger partial charge in [0, 0.05) is 17.7 Å². The molecule has 0 saturated carbocycles. The van der Waals surface area contributed by atoms with Crippen molar-refractivity contribution in [3.05, 3.63) is 107 Å². The zero-order chi connectivity index (χ0) is 31.8. The number of benzene rings is 4. The van der Waals surface area contributed by atoms with Gasteiger partial charge >= 0.3 is 0 Å². The van der Waals surface area contributed by atoms with Crippen LogP contribution in [0.5, 0.6) is 34.5 Å². The van der Waals surface area contributed by atoms with Crippen molar-refractivity contribution in [2.45, 2.75) is 42.7 Å². The largest absolute Gasteiger partial charge is 0.508 e. The fourth-order valence-electron chi connectivity index (χ4n) is 5.75. The summed E-state index contributed by atoms with van der Waals surface area (Å²) in [4.78, 5) is 0. The van der Waals surface area contributed by atoms with E-state index in [4.69, 9.17) is 14.2 Å². The Balaban J connectivity index is 1.48. The molecule has 0 aromatic heterocycles. The highest BCUT2D eigenvalue weighted by atomic mass is 16.7. The van der Waals surface area contributed by atoms with E-state index < -0.39 is 49.3 Å². The first kappa shape index (κ1) is 30.3. The van der Waals surface area contributed by atoms with Crippen molar-refractivity contribution in [2.75, 3.05) is 6.61 Å². The van der Waals surface area contributed by atoms with Crippen molar-refractivity contribution in [1.82, 2.24) is 0 Å². The maximum atomic E-state index is 10.6. The molecule has 0 bridgehead atoms. The summed E-state index contributed by atoms with van der Waals surface area (Å²) in [5.41, 5.74) is 3.28. The number of phenolic OH excluding ortho intramolecular Hbond substituents is 4. The van der Waals surface area contributed by atoms with E-state index in [9.17, 15) is 40.9 Å². The van der Waals surface area contributed by atoms with Crippen molar-refractivity contribution in [1.29, 1.82) is 0 Å². The molecule has 4 aromatic rings. The van der Waals surface area contributed by atoms with Crippen LogP contribution < -0.4 is 9.47 Å². The SMILES string of the molecule is OC[C@H]1O[C@@H](Oc2cc(/C=C\c3ccc(O)cc3)c3c(c2)O[C@H](c2ccc(O)cc2)[C@H]3c2cc(O)cc(O)c2)[C@H](O)[C@@H](O)[C@@H]1O. The van der Waals surface area contributed by atoms with Gasteiger partial charge in [-0.25, -0.2) is 0 Å². The fourth-order valence-corrected chi connectivity index (χ4v) is 5.75. The molecule has 0 unspecified atom stereocenters. The van der Waals surface area contributed by atoms with Crippen LogP contribution in [-0.2, 0) is 4.74 Å². The average Bonchev–Trinajstić information content (AvgIpc) is 3.40. The molecule has 6 rings (SSSR count). The van der Waals surface area contributed by atoms with Crippen LogP contribution in [0.1, 0.15) is 39.8 Å². The van der Waals surface area contributed by atoms with Crippen LogP contribution >= 0.6 is 0 Å². The third kappa shape index (κ3) is 6.12. The molecule has 0 spiro atoms. The number of phenols is 4. The molecule has 234 valence electrons. The number of aromatic hydroxyl groups is 4. The molecule has 0 amide bonds. The molecule has 11 nitrogen and oxygen atoms in total. The topological polar surface area (TPSA) is 190 Å². The van der Waals surface area contributed by atoms with E-state index >= 15 is 0 Å². The minimum absolute atomic E-state index is 0.0635. The monoisotopic (exact) mass is 616 g/mol. The van der Waals surface area contributed by atoms with Gasteiger partial charge in [-0.2, -0.15) is 0 Å². The van der Waals surface area contributed by atoms with Gasteiger partial charge in [-0.1, -0.05) is 36.4 Å². The lowest BCUT2D eigenvalue weighted by Gasteiger charge is -2.39. The van der Waals surface area contributed by atoms with Crippen molar-refractivity contribution in [3.8, 4) is 34.5 Å². The van der Waals surface area contributed by atoms with Crippen molar-refractivity contribution in [3.63, 3.8) is 0 Å². The van der Waals surface area contributed by atoms with E-state index in [2.05, 4.69) is 0 Å². The van der Waals surface area contributed by atoms with E-state index in [1.807, 2.05) is 0 Å². The first-order valence-electron chi connectivity index (χ1n) is 14.2. The fraction of sp³-hybridized carbons (Fsp3) is 0.235. The number of aliphatic hydroxyl groups is 4. The maximum absolute atomic E-state index is 10.6. The number of hydrogen-bond acceptors (Lipinski definition) is 11. The third-order valence-electron chi connectivity index (χ3n) is 7.97. The van der Waals surface area contributed by atoms with Gasteiger partial charge in [0.25, 0.3) is 0 Å². The molecule has 8 N–H and O–H groups in total. The number of fused-ring (bicyclic) bond motifs is 1. The lowest BCUT2D eigenvalue weighted by atomic mass is 9.82. The maximum Gasteiger partial charge on any atom is 0.229 e. The Bertz CT molecular complexity index is 1660. The zero-order valence-electron chi connectivity index (χ0n) is 23.7. The van der Waals surface area contributed by atoms with Gasteiger partial charge in [-0.05, 0) is 64.7 Å². The standard InChI is InChI=1S/C34H32O11/c35-16-27-30(40)31(41)32(42)34(45-27)43-25-13-19(4-1-17-2-7-21(36)8-3-17)28-26(15-25)44-33(18-5-9-22(37)10-6-18)29(28)20-11-23(38)14-24(39)12-20/h1-15,27,29-42H,16H2/b4-1-/t27-,29+,30-,31+,32-,33-,34-/m1/s1. The molecule has 4 aromatic carbocycles.